The van der Waals surface area contributed by atoms with Gasteiger partial charge in [0.1, 0.15) is 17.8 Å². The zero-order valence-electron chi connectivity index (χ0n) is 16.0. The summed E-state index contributed by atoms with van der Waals surface area (Å²) in [5.41, 5.74) is 0.307. The number of methoxy groups -OCH3 is 1. The maximum Gasteiger partial charge on any atom is 0.325 e. The molecule has 1 aromatic carbocycles. The lowest BCUT2D eigenvalue weighted by Gasteiger charge is -2.23. The monoisotopic (exact) mass is 361 g/mol. The molecule has 0 saturated carbocycles. The lowest BCUT2D eigenvalue weighted by atomic mass is 9.90. The van der Waals surface area contributed by atoms with Gasteiger partial charge in [-0.1, -0.05) is 19.9 Å². The number of imide groups is 1. The van der Waals surface area contributed by atoms with Gasteiger partial charge in [-0.15, -0.1) is 0 Å². The second kappa shape index (κ2) is 7.76. The Kier molecular flexibility index (Phi) is 5.90. The molecule has 2 rings (SSSR count). The summed E-state index contributed by atoms with van der Waals surface area (Å²) in [5.74, 6) is 0.388. The predicted molar refractivity (Wildman–Crippen MR) is 97.8 cm³/mol. The quantitative estimate of drug-likeness (QED) is 0.727. The lowest BCUT2D eigenvalue weighted by Crippen LogP contribution is -2.43. The summed E-state index contributed by atoms with van der Waals surface area (Å²) in [6.07, 6.45) is 0.842. The number of hydrogen-bond donors (Lipinski definition) is 2. The van der Waals surface area contributed by atoms with Crippen molar-refractivity contribution in [1.82, 2.24) is 15.5 Å². The van der Waals surface area contributed by atoms with Crippen LogP contribution in [0.25, 0.3) is 0 Å². The number of carbonyl (C=O) groups is 3. The minimum absolute atomic E-state index is 0.284. The lowest BCUT2D eigenvalue weighted by molar-refractivity contribution is -0.134. The van der Waals surface area contributed by atoms with E-state index < -0.39 is 17.5 Å². The summed E-state index contributed by atoms with van der Waals surface area (Å²) < 4.78 is 5.24. The minimum Gasteiger partial charge on any atom is -0.496 e. The van der Waals surface area contributed by atoms with E-state index in [0.29, 0.717) is 23.8 Å². The smallest absolute Gasteiger partial charge is 0.325 e. The molecule has 2 N–H and O–H groups in total. The summed E-state index contributed by atoms with van der Waals surface area (Å²) in [5, 5.41) is 5.45. The predicted octanol–water partition coefficient (Wildman–Crippen LogP) is 1.93. The molecule has 1 unspecified atom stereocenters. The summed E-state index contributed by atoms with van der Waals surface area (Å²) in [6.45, 7) is 7.87. The number of amides is 4. The van der Waals surface area contributed by atoms with Crippen LogP contribution in [0.1, 0.15) is 38.3 Å². The van der Waals surface area contributed by atoms with Crippen LogP contribution >= 0.6 is 0 Å². The van der Waals surface area contributed by atoms with Gasteiger partial charge in [-0.2, -0.15) is 0 Å². The van der Waals surface area contributed by atoms with Crippen LogP contribution in [0.3, 0.4) is 0 Å². The van der Waals surface area contributed by atoms with E-state index >= 15 is 0 Å². The van der Waals surface area contributed by atoms with Crippen LogP contribution < -0.4 is 15.4 Å². The Hall–Kier alpha value is -2.57. The topological polar surface area (TPSA) is 87.7 Å². The molecule has 0 bridgehead atoms. The van der Waals surface area contributed by atoms with Gasteiger partial charge in [-0.3, -0.25) is 14.5 Å². The number of nitrogens with one attached hydrogen (secondary N) is 2. The normalized spacial score (nSPS) is 19.7. The van der Waals surface area contributed by atoms with Crippen molar-refractivity contribution in [1.29, 1.82) is 0 Å². The molecule has 4 amide bonds. The van der Waals surface area contributed by atoms with Crippen molar-refractivity contribution in [3.05, 3.63) is 29.3 Å². The van der Waals surface area contributed by atoms with Gasteiger partial charge in [0.05, 0.1) is 7.11 Å². The number of hydrogen-bond acceptors (Lipinski definition) is 4. The maximum atomic E-state index is 12.9. The largest absolute Gasteiger partial charge is 0.496 e. The second-order valence-electron chi connectivity index (χ2n) is 7.16. The number of benzene rings is 1. The number of carbonyl (C=O) groups excluding carboxylic acids is 3. The molecular weight excluding hydrogens is 334 g/mol. The molecule has 1 atom stereocenters. The van der Waals surface area contributed by atoms with Crippen LogP contribution in [-0.4, -0.2) is 42.9 Å². The van der Waals surface area contributed by atoms with Crippen molar-refractivity contribution in [3.8, 4) is 5.75 Å². The van der Waals surface area contributed by atoms with Crippen LogP contribution in [0.4, 0.5) is 4.79 Å². The van der Waals surface area contributed by atoms with Gasteiger partial charge in [-0.25, -0.2) is 4.79 Å². The number of ether oxygens (including phenoxy) is 1. The second-order valence-corrected chi connectivity index (χ2v) is 7.16. The fourth-order valence-electron chi connectivity index (χ4n) is 2.93. The third-order valence-corrected chi connectivity index (χ3v) is 4.59. The number of nitrogens with zero attached hydrogens (tertiary/aromatic N) is 1. The molecule has 1 fully saturated rings. The number of rotatable bonds is 7. The Morgan fingerprint density at radius 1 is 1.35 bits per heavy atom. The van der Waals surface area contributed by atoms with E-state index in [1.807, 2.05) is 13.0 Å². The maximum absolute atomic E-state index is 12.9. The Morgan fingerprint density at radius 2 is 2.04 bits per heavy atom. The average Bonchev–Trinajstić information content (AvgIpc) is 2.78. The SMILES string of the molecule is COc1ccc(C2(C)NC(=O)N(CC(=O)NCCC(C)C)C2=O)cc1C. The molecule has 7 heteroatoms. The Balaban J connectivity index is 2.12. The molecule has 1 aliphatic heterocycles. The van der Waals surface area contributed by atoms with E-state index in [2.05, 4.69) is 24.5 Å². The third kappa shape index (κ3) is 3.98. The van der Waals surface area contributed by atoms with Crippen molar-refractivity contribution >= 4 is 17.8 Å². The first kappa shape index (κ1) is 19.8. The standard InChI is InChI=1S/C19H27N3O4/c1-12(2)8-9-20-16(23)11-22-17(24)19(4,21-18(22)25)14-6-7-15(26-5)13(3)10-14/h6-7,10,12H,8-9,11H2,1-5H3,(H,20,23)(H,21,25). The van der Waals surface area contributed by atoms with Crippen molar-refractivity contribution in [2.24, 2.45) is 5.92 Å². The van der Waals surface area contributed by atoms with E-state index in [1.165, 1.54) is 0 Å². The molecule has 7 nitrogen and oxygen atoms in total. The molecular formula is C19H27N3O4. The first-order chi connectivity index (χ1) is 12.2. The third-order valence-electron chi connectivity index (χ3n) is 4.59. The molecule has 1 aromatic rings. The van der Waals surface area contributed by atoms with Crippen LogP contribution in [0.15, 0.2) is 18.2 Å². The molecule has 0 radical (unpaired) electrons. The van der Waals surface area contributed by atoms with Crippen LogP contribution in [-0.2, 0) is 15.1 Å². The minimum atomic E-state index is -1.20. The van der Waals surface area contributed by atoms with Crippen LogP contribution in [0, 0.1) is 12.8 Å². The molecule has 1 aliphatic rings. The summed E-state index contributed by atoms with van der Waals surface area (Å²) in [6, 6.07) is 4.75. The van der Waals surface area contributed by atoms with Gasteiger partial charge >= 0.3 is 6.03 Å². The fourth-order valence-corrected chi connectivity index (χ4v) is 2.93. The van der Waals surface area contributed by atoms with Gasteiger partial charge in [0, 0.05) is 6.54 Å². The summed E-state index contributed by atoms with van der Waals surface area (Å²) in [4.78, 5) is 38.2. The Labute approximate surface area is 154 Å². The summed E-state index contributed by atoms with van der Waals surface area (Å²) in [7, 11) is 1.58. The average molecular weight is 361 g/mol. The highest BCUT2D eigenvalue weighted by atomic mass is 16.5. The van der Waals surface area contributed by atoms with Gasteiger partial charge in [-0.05, 0) is 49.4 Å². The van der Waals surface area contributed by atoms with E-state index in [9.17, 15) is 14.4 Å². The Morgan fingerprint density at radius 3 is 2.62 bits per heavy atom. The van der Waals surface area contributed by atoms with E-state index in [1.54, 1.807) is 26.2 Å². The molecule has 0 aliphatic carbocycles. The number of urea groups is 1. The zero-order chi connectivity index (χ0) is 19.5. The van der Waals surface area contributed by atoms with Crippen molar-refractivity contribution in [2.75, 3.05) is 20.2 Å². The van der Waals surface area contributed by atoms with Crippen LogP contribution in [0.2, 0.25) is 0 Å². The van der Waals surface area contributed by atoms with E-state index in [4.69, 9.17) is 4.74 Å². The molecule has 0 aromatic heterocycles. The highest BCUT2D eigenvalue weighted by Crippen LogP contribution is 2.31. The van der Waals surface area contributed by atoms with Gasteiger partial charge in [0.15, 0.2) is 0 Å². The molecule has 142 valence electrons. The molecule has 1 saturated heterocycles. The first-order valence-corrected chi connectivity index (χ1v) is 8.75. The number of aryl methyl sites for hydroxylation is 1. The van der Waals surface area contributed by atoms with Gasteiger partial charge in [0.2, 0.25) is 5.91 Å². The highest BCUT2D eigenvalue weighted by Gasteiger charge is 2.49. The van der Waals surface area contributed by atoms with Crippen LogP contribution in [0.5, 0.6) is 5.75 Å². The summed E-state index contributed by atoms with van der Waals surface area (Å²) >= 11 is 0. The molecule has 0 spiro atoms. The van der Waals surface area contributed by atoms with E-state index in [0.717, 1.165) is 16.9 Å². The van der Waals surface area contributed by atoms with Crippen molar-refractivity contribution < 1.29 is 19.1 Å². The van der Waals surface area contributed by atoms with Crippen molar-refractivity contribution in [3.63, 3.8) is 0 Å². The van der Waals surface area contributed by atoms with Gasteiger partial charge in [0.25, 0.3) is 5.91 Å². The Bertz CT molecular complexity index is 717. The molecule has 26 heavy (non-hydrogen) atoms. The van der Waals surface area contributed by atoms with Crippen molar-refractivity contribution in [2.45, 2.75) is 39.7 Å². The highest BCUT2D eigenvalue weighted by molar-refractivity contribution is 6.09. The van der Waals surface area contributed by atoms with Gasteiger partial charge < -0.3 is 15.4 Å². The molecule has 1 heterocycles. The van der Waals surface area contributed by atoms with E-state index in [-0.39, 0.29) is 12.5 Å². The fraction of sp³-hybridized carbons (Fsp3) is 0.526. The first-order valence-electron chi connectivity index (χ1n) is 8.75. The zero-order valence-corrected chi connectivity index (χ0v) is 16.0.